The molecule has 0 bridgehead atoms. The summed E-state index contributed by atoms with van der Waals surface area (Å²) in [5, 5.41) is 9.12. The quantitative estimate of drug-likeness (QED) is 0.332. The second kappa shape index (κ2) is 6.36. The maximum Gasteiger partial charge on any atom is 0.351 e. The lowest BCUT2D eigenvalue weighted by Gasteiger charge is -2.06. The van der Waals surface area contributed by atoms with Gasteiger partial charge < -0.3 is 14.3 Å². The Hall–Kier alpha value is -3.62. The minimum Gasteiger partial charge on any atom is -0.477 e. The Kier molecular flexibility index (Phi) is 4.21. The standard InChI is InChI=1S/C17H7F3O6/c18-11-4-8(5-12(19)14(11)20)16(23)25-9-2-1-7-3-10(15(21)22)17(24)26-13(7)6-9/h1-6H,(H,21,22). The van der Waals surface area contributed by atoms with Gasteiger partial charge in [0.05, 0.1) is 5.56 Å². The third-order valence-corrected chi connectivity index (χ3v) is 3.37. The highest BCUT2D eigenvalue weighted by molar-refractivity contribution is 5.93. The van der Waals surface area contributed by atoms with E-state index < -0.39 is 46.1 Å². The van der Waals surface area contributed by atoms with Crippen molar-refractivity contribution in [2.75, 3.05) is 0 Å². The highest BCUT2D eigenvalue weighted by Gasteiger charge is 2.17. The Balaban J connectivity index is 1.94. The summed E-state index contributed by atoms with van der Waals surface area (Å²) < 4.78 is 49.0. The molecule has 1 N–H and O–H groups in total. The summed E-state index contributed by atoms with van der Waals surface area (Å²) in [6, 6.07) is 5.72. The van der Waals surface area contributed by atoms with Gasteiger partial charge in [0.25, 0.3) is 0 Å². The first kappa shape index (κ1) is 17.2. The van der Waals surface area contributed by atoms with Crippen molar-refractivity contribution in [2.45, 2.75) is 0 Å². The van der Waals surface area contributed by atoms with Crippen LogP contribution in [0.4, 0.5) is 13.2 Å². The molecule has 0 aliphatic rings. The second-order valence-corrected chi connectivity index (χ2v) is 5.10. The van der Waals surface area contributed by atoms with Gasteiger partial charge >= 0.3 is 17.6 Å². The van der Waals surface area contributed by atoms with E-state index in [4.69, 9.17) is 14.3 Å². The molecular formula is C17H7F3O6. The van der Waals surface area contributed by atoms with Gasteiger partial charge in [-0.05, 0) is 30.3 Å². The average Bonchev–Trinajstić information content (AvgIpc) is 2.58. The summed E-state index contributed by atoms with van der Waals surface area (Å²) in [5.41, 5.74) is -2.30. The van der Waals surface area contributed by atoms with Crippen LogP contribution in [0, 0.1) is 17.5 Å². The van der Waals surface area contributed by atoms with Crippen molar-refractivity contribution in [3.05, 3.63) is 75.4 Å². The fourth-order valence-electron chi connectivity index (χ4n) is 2.14. The molecule has 1 aromatic heterocycles. The highest BCUT2D eigenvalue weighted by Crippen LogP contribution is 2.22. The molecule has 0 amide bonds. The minimum absolute atomic E-state index is 0.0678. The molecule has 0 saturated heterocycles. The molecule has 0 aliphatic heterocycles. The average molecular weight is 364 g/mol. The maximum atomic E-state index is 13.2. The fraction of sp³-hybridized carbons (Fsp3) is 0. The van der Waals surface area contributed by atoms with E-state index >= 15 is 0 Å². The van der Waals surface area contributed by atoms with E-state index in [9.17, 15) is 27.6 Å². The third-order valence-electron chi connectivity index (χ3n) is 3.37. The van der Waals surface area contributed by atoms with E-state index in [-0.39, 0.29) is 16.7 Å². The van der Waals surface area contributed by atoms with E-state index in [0.717, 1.165) is 12.1 Å². The number of fused-ring (bicyclic) bond motifs is 1. The predicted octanol–water partition coefficient (Wildman–Crippen LogP) is 3.13. The van der Waals surface area contributed by atoms with Crippen LogP contribution in [0.15, 0.2) is 45.6 Å². The van der Waals surface area contributed by atoms with Crippen molar-refractivity contribution in [1.29, 1.82) is 0 Å². The Morgan fingerprint density at radius 3 is 2.27 bits per heavy atom. The van der Waals surface area contributed by atoms with E-state index in [0.29, 0.717) is 12.1 Å². The number of carbonyl (C=O) groups excluding carboxylic acids is 1. The topological polar surface area (TPSA) is 93.8 Å². The zero-order valence-electron chi connectivity index (χ0n) is 12.6. The molecule has 3 aromatic rings. The van der Waals surface area contributed by atoms with Crippen molar-refractivity contribution in [3.63, 3.8) is 0 Å². The number of carbonyl (C=O) groups is 2. The Bertz CT molecular complexity index is 1100. The number of halogens is 3. The second-order valence-electron chi connectivity index (χ2n) is 5.10. The monoisotopic (exact) mass is 364 g/mol. The van der Waals surface area contributed by atoms with Crippen LogP contribution in [0.1, 0.15) is 20.7 Å². The summed E-state index contributed by atoms with van der Waals surface area (Å²) >= 11 is 0. The smallest absolute Gasteiger partial charge is 0.351 e. The molecule has 0 atom stereocenters. The number of rotatable bonds is 3. The van der Waals surface area contributed by atoms with E-state index in [2.05, 4.69) is 0 Å². The van der Waals surface area contributed by atoms with E-state index in [1.54, 1.807) is 0 Å². The highest BCUT2D eigenvalue weighted by atomic mass is 19.2. The summed E-state index contributed by atoms with van der Waals surface area (Å²) in [4.78, 5) is 34.4. The van der Waals surface area contributed by atoms with Crippen LogP contribution in [-0.2, 0) is 0 Å². The number of carboxylic acid groups (broad SMARTS) is 1. The van der Waals surface area contributed by atoms with Crippen molar-refractivity contribution >= 4 is 22.9 Å². The van der Waals surface area contributed by atoms with Gasteiger partial charge in [-0.3, -0.25) is 0 Å². The van der Waals surface area contributed by atoms with Crippen LogP contribution < -0.4 is 10.4 Å². The van der Waals surface area contributed by atoms with Crippen molar-refractivity contribution in [1.82, 2.24) is 0 Å². The normalized spacial score (nSPS) is 10.7. The molecule has 132 valence electrons. The first-order valence-corrected chi connectivity index (χ1v) is 6.94. The molecule has 26 heavy (non-hydrogen) atoms. The van der Waals surface area contributed by atoms with Crippen molar-refractivity contribution < 1.29 is 37.0 Å². The molecule has 2 aromatic carbocycles. The molecule has 1 heterocycles. The largest absolute Gasteiger partial charge is 0.477 e. The number of hydrogen-bond acceptors (Lipinski definition) is 5. The molecule has 0 aliphatic carbocycles. The molecule has 0 fully saturated rings. The zero-order chi connectivity index (χ0) is 19.0. The Labute approximate surface area is 142 Å². The number of ether oxygens (including phenoxy) is 1. The summed E-state index contributed by atoms with van der Waals surface area (Å²) in [6.45, 7) is 0. The first-order chi connectivity index (χ1) is 12.3. The lowest BCUT2D eigenvalue weighted by atomic mass is 10.2. The van der Waals surface area contributed by atoms with Gasteiger partial charge in [0, 0.05) is 11.5 Å². The molecule has 0 saturated carbocycles. The number of hydrogen-bond donors (Lipinski definition) is 1. The summed E-state index contributed by atoms with van der Waals surface area (Å²) in [6.07, 6.45) is 0. The molecule has 0 radical (unpaired) electrons. The van der Waals surface area contributed by atoms with Gasteiger partial charge in [-0.1, -0.05) is 0 Å². The molecule has 0 spiro atoms. The van der Waals surface area contributed by atoms with Crippen LogP contribution in [0.3, 0.4) is 0 Å². The predicted molar refractivity (Wildman–Crippen MR) is 80.7 cm³/mol. The van der Waals surface area contributed by atoms with Crippen LogP contribution in [0.2, 0.25) is 0 Å². The molecule has 6 nitrogen and oxygen atoms in total. The minimum atomic E-state index is -1.72. The Morgan fingerprint density at radius 2 is 1.65 bits per heavy atom. The molecule has 9 heteroatoms. The number of benzene rings is 2. The lowest BCUT2D eigenvalue weighted by molar-refractivity contribution is 0.0690. The van der Waals surface area contributed by atoms with Gasteiger partial charge in [-0.2, -0.15) is 0 Å². The van der Waals surface area contributed by atoms with Crippen LogP contribution in [-0.4, -0.2) is 17.0 Å². The third kappa shape index (κ3) is 3.14. The van der Waals surface area contributed by atoms with Crippen molar-refractivity contribution in [3.8, 4) is 5.75 Å². The SMILES string of the molecule is O=C(Oc1ccc2cc(C(=O)O)c(=O)oc2c1)c1cc(F)c(F)c(F)c1. The lowest BCUT2D eigenvalue weighted by Crippen LogP contribution is -2.13. The van der Waals surface area contributed by atoms with E-state index in [1.165, 1.54) is 12.1 Å². The fourth-order valence-corrected chi connectivity index (χ4v) is 2.14. The van der Waals surface area contributed by atoms with Gasteiger partial charge in [0.2, 0.25) is 0 Å². The molecular weight excluding hydrogens is 357 g/mol. The van der Waals surface area contributed by atoms with Gasteiger partial charge in [0.1, 0.15) is 16.9 Å². The van der Waals surface area contributed by atoms with Crippen molar-refractivity contribution in [2.24, 2.45) is 0 Å². The van der Waals surface area contributed by atoms with Crippen LogP contribution in [0.5, 0.6) is 5.75 Å². The molecule has 0 unspecified atom stereocenters. The number of esters is 1. The number of aromatic carboxylic acids is 1. The maximum absolute atomic E-state index is 13.2. The van der Waals surface area contributed by atoms with E-state index in [1.807, 2.05) is 0 Å². The number of carboxylic acids is 1. The molecule has 3 rings (SSSR count). The van der Waals surface area contributed by atoms with Crippen LogP contribution in [0.25, 0.3) is 11.0 Å². The zero-order valence-corrected chi connectivity index (χ0v) is 12.6. The van der Waals surface area contributed by atoms with Gasteiger partial charge in [0.15, 0.2) is 17.5 Å². The Morgan fingerprint density at radius 1 is 1.00 bits per heavy atom. The summed E-state index contributed by atoms with van der Waals surface area (Å²) in [7, 11) is 0. The van der Waals surface area contributed by atoms with Gasteiger partial charge in [-0.15, -0.1) is 0 Å². The van der Waals surface area contributed by atoms with Crippen LogP contribution >= 0.6 is 0 Å². The van der Waals surface area contributed by atoms with Gasteiger partial charge in [-0.25, -0.2) is 27.6 Å². The first-order valence-electron chi connectivity index (χ1n) is 6.94. The summed E-state index contributed by atoms with van der Waals surface area (Å²) in [5.74, 6) is -7.60.